The van der Waals surface area contributed by atoms with Crippen molar-refractivity contribution in [3.05, 3.63) is 65.2 Å². The SMILES string of the molecule is Cc1ccc(O[C@H](C)C(=O)NCCc2ccccc2)c(C)c1. The first-order chi connectivity index (χ1) is 10.6. The Labute approximate surface area is 132 Å². The van der Waals surface area contributed by atoms with Crippen LogP contribution in [0.2, 0.25) is 0 Å². The van der Waals surface area contributed by atoms with Crippen molar-refractivity contribution >= 4 is 5.91 Å². The molecule has 0 saturated carbocycles. The predicted octanol–water partition coefficient (Wildman–Crippen LogP) is 3.43. The highest BCUT2D eigenvalue weighted by Crippen LogP contribution is 2.20. The first-order valence-corrected chi connectivity index (χ1v) is 7.62. The van der Waals surface area contributed by atoms with Crippen LogP contribution in [0.5, 0.6) is 5.75 Å². The molecule has 0 aliphatic carbocycles. The Morgan fingerprint density at radius 3 is 2.55 bits per heavy atom. The van der Waals surface area contributed by atoms with Gasteiger partial charge in [-0.15, -0.1) is 0 Å². The number of nitrogens with one attached hydrogen (secondary N) is 1. The van der Waals surface area contributed by atoms with Gasteiger partial charge < -0.3 is 10.1 Å². The number of rotatable bonds is 6. The molecule has 0 heterocycles. The highest BCUT2D eigenvalue weighted by molar-refractivity contribution is 5.80. The largest absolute Gasteiger partial charge is 0.481 e. The summed E-state index contributed by atoms with van der Waals surface area (Å²) in [6.45, 7) is 6.42. The molecule has 0 saturated heterocycles. The maximum absolute atomic E-state index is 12.1. The van der Waals surface area contributed by atoms with Gasteiger partial charge in [-0.3, -0.25) is 4.79 Å². The van der Waals surface area contributed by atoms with Crippen molar-refractivity contribution in [2.45, 2.75) is 33.3 Å². The van der Waals surface area contributed by atoms with E-state index in [0.717, 1.165) is 17.7 Å². The van der Waals surface area contributed by atoms with Crippen LogP contribution in [-0.4, -0.2) is 18.6 Å². The molecule has 2 rings (SSSR count). The Morgan fingerprint density at radius 1 is 1.14 bits per heavy atom. The molecule has 116 valence electrons. The number of hydrogen-bond donors (Lipinski definition) is 1. The van der Waals surface area contributed by atoms with Gasteiger partial charge in [-0.1, -0.05) is 48.0 Å². The Bertz CT molecular complexity index is 623. The highest BCUT2D eigenvalue weighted by atomic mass is 16.5. The monoisotopic (exact) mass is 297 g/mol. The average molecular weight is 297 g/mol. The van der Waals surface area contributed by atoms with Crippen molar-refractivity contribution in [2.75, 3.05) is 6.54 Å². The minimum atomic E-state index is -0.503. The summed E-state index contributed by atoms with van der Waals surface area (Å²) in [5.41, 5.74) is 3.44. The van der Waals surface area contributed by atoms with Crippen molar-refractivity contribution < 1.29 is 9.53 Å². The van der Waals surface area contributed by atoms with Crippen molar-refractivity contribution in [1.82, 2.24) is 5.32 Å². The van der Waals surface area contributed by atoms with Crippen LogP contribution in [0.3, 0.4) is 0 Å². The molecule has 1 atom stereocenters. The number of amides is 1. The molecule has 0 radical (unpaired) electrons. The minimum absolute atomic E-state index is 0.0871. The normalized spacial score (nSPS) is 11.8. The van der Waals surface area contributed by atoms with E-state index >= 15 is 0 Å². The molecule has 1 N–H and O–H groups in total. The summed E-state index contributed by atoms with van der Waals surface area (Å²) >= 11 is 0. The molecule has 3 nitrogen and oxygen atoms in total. The third kappa shape index (κ3) is 4.62. The van der Waals surface area contributed by atoms with Crippen LogP contribution < -0.4 is 10.1 Å². The lowest BCUT2D eigenvalue weighted by atomic mass is 10.1. The zero-order chi connectivity index (χ0) is 15.9. The van der Waals surface area contributed by atoms with E-state index in [1.165, 1.54) is 11.1 Å². The molecular formula is C19H23NO2. The first-order valence-electron chi connectivity index (χ1n) is 7.62. The van der Waals surface area contributed by atoms with Gasteiger partial charge in [0.15, 0.2) is 6.10 Å². The number of carbonyl (C=O) groups is 1. The third-order valence-electron chi connectivity index (χ3n) is 3.56. The lowest BCUT2D eigenvalue weighted by Gasteiger charge is -2.16. The van der Waals surface area contributed by atoms with E-state index in [0.29, 0.717) is 6.54 Å². The van der Waals surface area contributed by atoms with E-state index in [4.69, 9.17) is 4.74 Å². The molecule has 2 aromatic carbocycles. The van der Waals surface area contributed by atoms with E-state index in [-0.39, 0.29) is 5.91 Å². The molecule has 0 fully saturated rings. The van der Waals surface area contributed by atoms with Crippen LogP contribution in [0.1, 0.15) is 23.6 Å². The molecule has 3 heteroatoms. The van der Waals surface area contributed by atoms with E-state index < -0.39 is 6.10 Å². The molecule has 0 aliphatic heterocycles. The molecule has 0 spiro atoms. The maximum atomic E-state index is 12.1. The quantitative estimate of drug-likeness (QED) is 0.887. The van der Waals surface area contributed by atoms with Gasteiger partial charge >= 0.3 is 0 Å². The Kier molecular flexibility index (Phi) is 5.59. The Hall–Kier alpha value is -2.29. The summed E-state index contributed by atoms with van der Waals surface area (Å²) in [5.74, 6) is 0.673. The second-order valence-corrected chi connectivity index (χ2v) is 5.56. The molecule has 0 unspecified atom stereocenters. The van der Waals surface area contributed by atoms with E-state index in [1.54, 1.807) is 6.92 Å². The van der Waals surface area contributed by atoms with Gasteiger partial charge in [0.25, 0.3) is 5.91 Å². The molecule has 2 aromatic rings. The maximum Gasteiger partial charge on any atom is 0.260 e. The van der Waals surface area contributed by atoms with E-state index in [1.807, 2.05) is 44.2 Å². The fraction of sp³-hybridized carbons (Fsp3) is 0.316. The highest BCUT2D eigenvalue weighted by Gasteiger charge is 2.15. The molecule has 1 amide bonds. The van der Waals surface area contributed by atoms with Crippen molar-refractivity contribution in [3.8, 4) is 5.75 Å². The predicted molar refractivity (Wildman–Crippen MR) is 89.2 cm³/mol. The average Bonchev–Trinajstić information content (AvgIpc) is 2.51. The summed E-state index contributed by atoms with van der Waals surface area (Å²) in [6, 6.07) is 16.1. The molecule has 0 aliphatic rings. The zero-order valence-corrected chi connectivity index (χ0v) is 13.4. The Morgan fingerprint density at radius 2 is 1.86 bits per heavy atom. The minimum Gasteiger partial charge on any atom is -0.481 e. The fourth-order valence-corrected chi connectivity index (χ4v) is 2.29. The van der Waals surface area contributed by atoms with Crippen molar-refractivity contribution in [1.29, 1.82) is 0 Å². The molecule has 0 bridgehead atoms. The fourth-order valence-electron chi connectivity index (χ4n) is 2.29. The summed E-state index contributed by atoms with van der Waals surface area (Å²) in [7, 11) is 0. The van der Waals surface area contributed by atoms with Crippen molar-refractivity contribution in [3.63, 3.8) is 0 Å². The lowest BCUT2D eigenvalue weighted by molar-refractivity contribution is -0.127. The molecule has 0 aromatic heterocycles. The van der Waals surface area contributed by atoms with Crippen LogP contribution in [0, 0.1) is 13.8 Å². The third-order valence-corrected chi connectivity index (χ3v) is 3.56. The first kappa shape index (κ1) is 16.1. The summed E-state index contributed by atoms with van der Waals surface area (Å²) in [6.07, 6.45) is 0.320. The van der Waals surface area contributed by atoms with Crippen LogP contribution in [-0.2, 0) is 11.2 Å². The standard InChI is InChI=1S/C19H23NO2/c1-14-9-10-18(15(2)13-14)22-16(3)19(21)20-12-11-17-7-5-4-6-8-17/h4-10,13,16H,11-12H2,1-3H3,(H,20,21)/t16-/m1/s1. The van der Waals surface area contributed by atoms with Crippen LogP contribution in [0.4, 0.5) is 0 Å². The van der Waals surface area contributed by atoms with Crippen molar-refractivity contribution in [2.24, 2.45) is 0 Å². The topological polar surface area (TPSA) is 38.3 Å². The second-order valence-electron chi connectivity index (χ2n) is 5.56. The van der Waals surface area contributed by atoms with E-state index in [2.05, 4.69) is 23.5 Å². The lowest BCUT2D eigenvalue weighted by Crippen LogP contribution is -2.37. The summed E-state index contributed by atoms with van der Waals surface area (Å²) in [5, 5.41) is 2.92. The van der Waals surface area contributed by atoms with Gasteiger partial charge in [0.05, 0.1) is 0 Å². The number of benzene rings is 2. The van der Waals surface area contributed by atoms with Gasteiger partial charge in [0.2, 0.25) is 0 Å². The van der Waals surface area contributed by atoms with Gasteiger partial charge in [0.1, 0.15) is 5.75 Å². The summed E-state index contributed by atoms with van der Waals surface area (Å²) in [4.78, 5) is 12.1. The molecular weight excluding hydrogens is 274 g/mol. The van der Waals surface area contributed by atoms with Crippen LogP contribution in [0.15, 0.2) is 48.5 Å². The second kappa shape index (κ2) is 7.64. The van der Waals surface area contributed by atoms with Gasteiger partial charge in [0, 0.05) is 6.54 Å². The smallest absolute Gasteiger partial charge is 0.260 e. The van der Waals surface area contributed by atoms with Gasteiger partial charge in [-0.25, -0.2) is 0 Å². The Balaban J connectivity index is 1.82. The summed E-state index contributed by atoms with van der Waals surface area (Å²) < 4.78 is 5.75. The zero-order valence-electron chi connectivity index (χ0n) is 13.4. The number of hydrogen-bond acceptors (Lipinski definition) is 2. The molecule has 22 heavy (non-hydrogen) atoms. The van der Waals surface area contributed by atoms with Gasteiger partial charge in [-0.05, 0) is 44.4 Å². The number of carbonyl (C=O) groups excluding carboxylic acids is 1. The van der Waals surface area contributed by atoms with E-state index in [9.17, 15) is 4.79 Å². The van der Waals surface area contributed by atoms with Crippen LogP contribution >= 0.6 is 0 Å². The van der Waals surface area contributed by atoms with Crippen LogP contribution in [0.25, 0.3) is 0 Å². The number of ether oxygens (including phenoxy) is 1. The number of aryl methyl sites for hydroxylation is 2. The van der Waals surface area contributed by atoms with Gasteiger partial charge in [-0.2, -0.15) is 0 Å².